The fourth-order valence-corrected chi connectivity index (χ4v) is 0. The minimum absolute atomic E-state index is 0. The van der Waals surface area contributed by atoms with Gasteiger partial charge in [0.25, 0.3) is 23.9 Å². The van der Waals surface area contributed by atoms with Crippen LogP contribution < -0.4 is 79.8 Å². The summed E-state index contributed by atoms with van der Waals surface area (Å²) in [5.74, 6) is -3.33. The molecule has 130 valence electrons. The molecule has 0 amide bonds. The SMILES string of the molecule is CC(=O)O.CC(=O)O.CC(=O)O.CC(=O)O.NCCN.[Br-].[K+]. The van der Waals surface area contributed by atoms with Crippen LogP contribution in [-0.2, 0) is 19.2 Å². The fourth-order valence-electron chi connectivity index (χ4n) is 0. The summed E-state index contributed by atoms with van der Waals surface area (Å²) in [6, 6.07) is 0. The van der Waals surface area contributed by atoms with Crippen molar-refractivity contribution in [2.75, 3.05) is 13.1 Å². The van der Waals surface area contributed by atoms with Crippen molar-refractivity contribution in [3.63, 3.8) is 0 Å². The number of nitrogens with two attached hydrogens (primary N) is 2. The summed E-state index contributed by atoms with van der Waals surface area (Å²) in [5, 5.41) is 29.7. The average Bonchev–Trinajstić information content (AvgIpc) is 2.13. The van der Waals surface area contributed by atoms with Gasteiger partial charge in [0.15, 0.2) is 0 Å². The first kappa shape index (κ1) is 43.1. The van der Waals surface area contributed by atoms with E-state index in [-0.39, 0.29) is 68.4 Å². The monoisotopic (exact) mass is 418 g/mol. The quantitative estimate of drug-likeness (QED) is 0.222. The van der Waals surface area contributed by atoms with Gasteiger partial charge in [0.2, 0.25) is 0 Å². The van der Waals surface area contributed by atoms with E-state index in [0.717, 1.165) is 27.7 Å². The van der Waals surface area contributed by atoms with Crippen LogP contribution >= 0.6 is 0 Å². The minimum atomic E-state index is -0.833. The predicted octanol–water partition coefficient (Wildman–Crippen LogP) is -6.72. The second-order valence-electron chi connectivity index (χ2n) is 2.65. The van der Waals surface area contributed by atoms with Gasteiger partial charge in [-0.15, -0.1) is 0 Å². The van der Waals surface area contributed by atoms with Crippen molar-refractivity contribution in [1.82, 2.24) is 0 Å². The number of aliphatic carboxylic acids is 4. The van der Waals surface area contributed by atoms with Gasteiger partial charge in [-0.25, -0.2) is 0 Å². The molecule has 0 atom stereocenters. The topological polar surface area (TPSA) is 201 Å². The van der Waals surface area contributed by atoms with E-state index in [2.05, 4.69) is 0 Å². The maximum Gasteiger partial charge on any atom is 1.00 e. The normalized spacial score (nSPS) is 5.91. The van der Waals surface area contributed by atoms with Crippen LogP contribution in [0.4, 0.5) is 0 Å². The zero-order valence-corrected chi connectivity index (χ0v) is 18.1. The van der Waals surface area contributed by atoms with Gasteiger partial charge >= 0.3 is 51.4 Å². The standard InChI is InChI=1S/C2H8N2.4C2H4O2.BrH.K/c3-1-2-4;4*1-2(3)4;;/h1-4H2;4*1H3,(H,3,4);1H;/q;;;;;;+1/p-1. The first-order valence-electron chi connectivity index (χ1n) is 5.03. The number of hydrogen-bond donors (Lipinski definition) is 6. The zero-order valence-electron chi connectivity index (χ0n) is 13.4. The molecule has 0 spiro atoms. The molecule has 0 aromatic heterocycles. The number of halogens is 1. The molecule has 0 aromatic rings. The van der Waals surface area contributed by atoms with Crippen molar-refractivity contribution in [1.29, 1.82) is 0 Å². The van der Waals surface area contributed by atoms with E-state index in [9.17, 15) is 0 Å². The van der Waals surface area contributed by atoms with E-state index in [0.29, 0.717) is 13.1 Å². The van der Waals surface area contributed by atoms with Crippen LogP contribution in [0.5, 0.6) is 0 Å². The van der Waals surface area contributed by atoms with Gasteiger partial charge in [0, 0.05) is 40.8 Å². The number of rotatable bonds is 1. The van der Waals surface area contributed by atoms with Crippen LogP contribution in [0.25, 0.3) is 0 Å². The molecule has 0 fully saturated rings. The number of hydrogen-bond acceptors (Lipinski definition) is 6. The Morgan fingerprint density at radius 2 is 0.682 bits per heavy atom. The van der Waals surface area contributed by atoms with Crippen molar-refractivity contribution in [3.8, 4) is 0 Å². The minimum Gasteiger partial charge on any atom is -1.00 e. The molecule has 0 rings (SSSR count). The molecule has 0 heterocycles. The summed E-state index contributed by atoms with van der Waals surface area (Å²) in [4.78, 5) is 36.0. The van der Waals surface area contributed by atoms with Gasteiger partial charge in [-0.2, -0.15) is 0 Å². The molecule has 0 aliphatic carbocycles. The number of carboxylic acids is 4. The van der Waals surface area contributed by atoms with Crippen molar-refractivity contribution < 1.29 is 108 Å². The van der Waals surface area contributed by atoms with Gasteiger partial charge in [0.1, 0.15) is 0 Å². The molecule has 12 heteroatoms. The Hall–Kier alpha value is -0.0836. The summed E-state index contributed by atoms with van der Waals surface area (Å²) in [6.45, 7) is 5.53. The van der Waals surface area contributed by atoms with Gasteiger partial charge in [-0.1, -0.05) is 0 Å². The maximum absolute atomic E-state index is 9.00. The predicted molar refractivity (Wildman–Crippen MR) is 71.3 cm³/mol. The Kier molecular flexibility index (Phi) is 83.9. The van der Waals surface area contributed by atoms with E-state index in [1.54, 1.807) is 0 Å². The van der Waals surface area contributed by atoms with Crippen LogP contribution in [-0.4, -0.2) is 57.4 Å². The third-order valence-electron chi connectivity index (χ3n) is 0.167. The Balaban J connectivity index is -0.0000000250. The van der Waals surface area contributed by atoms with E-state index in [1.807, 2.05) is 0 Å². The van der Waals surface area contributed by atoms with Crippen LogP contribution in [0, 0.1) is 0 Å². The van der Waals surface area contributed by atoms with Crippen molar-refractivity contribution in [2.45, 2.75) is 27.7 Å². The number of carbonyl (C=O) groups is 4. The van der Waals surface area contributed by atoms with E-state index in [1.165, 1.54) is 0 Å². The molecule has 22 heavy (non-hydrogen) atoms. The molecule has 0 aromatic carbocycles. The van der Waals surface area contributed by atoms with Crippen LogP contribution in [0.2, 0.25) is 0 Å². The molecule has 0 radical (unpaired) electrons. The summed E-state index contributed by atoms with van der Waals surface area (Å²) >= 11 is 0. The Labute approximate surface area is 182 Å². The molecule has 0 unspecified atom stereocenters. The van der Waals surface area contributed by atoms with Gasteiger partial charge in [-0.3, -0.25) is 19.2 Å². The molecule has 10 nitrogen and oxygen atoms in total. The number of carboxylic acid groups (broad SMARTS) is 4. The summed E-state index contributed by atoms with van der Waals surface area (Å²) < 4.78 is 0. The van der Waals surface area contributed by atoms with E-state index in [4.69, 9.17) is 51.1 Å². The second-order valence-corrected chi connectivity index (χ2v) is 2.65. The molecule has 8 N–H and O–H groups in total. The average molecular weight is 419 g/mol. The first-order valence-corrected chi connectivity index (χ1v) is 5.03. The summed E-state index contributed by atoms with van der Waals surface area (Å²) in [6.07, 6.45) is 0. The second kappa shape index (κ2) is 42.8. The molecular formula is C10H24BrKN2O8. The molecule has 0 aliphatic rings. The Morgan fingerprint density at radius 3 is 0.682 bits per heavy atom. The van der Waals surface area contributed by atoms with Crippen LogP contribution in [0.3, 0.4) is 0 Å². The summed E-state index contributed by atoms with van der Waals surface area (Å²) in [5.41, 5.74) is 9.81. The van der Waals surface area contributed by atoms with Gasteiger partial charge in [0.05, 0.1) is 0 Å². The first-order chi connectivity index (χ1) is 8.84. The zero-order chi connectivity index (χ0) is 17.7. The molecule has 0 saturated heterocycles. The van der Waals surface area contributed by atoms with Gasteiger partial charge in [-0.05, 0) is 0 Å². The van der Waals surface area contributed by atoms with Crippen molar-refractivity contribution in [3.05, 3.63) is 0 Å². The Bertz CT molecular complexity index is 201. The largest absolute Gasteiger partial charge is 1.00 e. The smallest absolute Gasteiger partial charge is 1.00 e. The molecule has 0 bridgehead atoms. The van der Waals surface area contributed by atoms with Crippen molar-refractivity contribution in [2.24, 2.45) is 11.5 Å². The maximum atomic E-state index is 9.00. The van der Waals surface area contributed by atoms with Crippen LogP contribution in [0.1, 0.15) is 27.7 Å². The third kappa shape index (κ3) is 8490. The Morgan fingerprint density at radius 1 is 0.636 bits per heavy atom. The fraction of sp³-hybridized carbons (Fsp3) is 0.600. The van der Waals surface area contributed by atoms with Gasteiger partial charge < -0.3 is 48.9 Å². The van der Waals surface area contributed by atoms with Crippen molar-refractivity contribution >= 4 is 23.9 Å². The third-order valence-corrected chi connectivity index (χ3v) is 0.167. The van der Waals surface area contributed by atoms with Crippen LogP contribution in [0.15, 0.2) is 0 Å². The molecule has 0 saturated carbocycles. The van der Waals surface area contributed by atoms with E-state index < -0.39 is 23.9 Å². The summed E-state index contributed by atoms with van der Waals surface area (Å²) in [7, 11) is 0. The van der Waals surface area contributed by atoms with E-state index >= 15 is 0 Å². The molecule has 0 aliphatic heterocycles. The molecular weight excluding hydrogens is 395 g/mol.